The van der Waals surface area contributed by atoms with Crippen molar-refractivity contribution in [2.75, 3.05) is 26.2 Å². The summed E-state index contributed by atoms with van der Waals surface area (Å²) in [5, 5.41) is 0. The van der Waals surface area contributed by atoms with Crippen molar-refractivity contribution >= 4 is 5.57 Å². The fraction of sp³-hybridized carbons (Fsp3) is 0.467. The maximum absolute atomic E-state index is 12.7. The number of nitrogens with zero attached hydrogens (tertiary/aromatic N) is 1. The number of hydrogen-bond donors (Lipinski definition) is 1. The first-order valence-corrected chi connectivity index (χ1v) is 6.80. The average Bonchev–Trinajstić information content (AvgIpc) is 2.45. The van der Waals surface area contributed by atoms with E-state index < -0.39 is 11.7 Å². The highest BCUT2D eigenvalue weighted by molar-refractivity contribution is 5.67. The number of alkyl halides is 3. The first-order chi connectivity index (χ1) is 9.50. The molecule has 2 N–H and O–H groups in total. The Bertz CT molecular complexity index is 480. The van der Waals surface area contributed by atoms with Gasteiger partial charge in [0.05, 0.1) is 5.56 Å². The fourth-order valence-electron chi connectivity index (χ4n) is 2.39. The molecule has 1 aliphatic heterocycles. The number of benzene rings is 1. The largest absolute Gasteiger partial charge is 0.416 e. The van der Waals surface area contributed by atoms with Gasteiger partial charge in [0.2, 0.25) is 0 Å². The minimum atomic E-state index is -4.28. The lowest BCUT2D eigenvalue weighted by Crippen LogP contribution is -2.30. The molecule has 0 unspecified atom stereocenters. The summed E-state index contributed by atoms with van der Waals surface area (Å²) in [6.07, 6.45) is -0.521. The molecule has 0 amide bonds. The van der Waals surface area contributed by atoms with E-state index in [0.29, 0.717) is 12.1 Å². The van der Waals surface area contributed by atoms with Crippen molar-refractivity contribution in [1.82, 2.24) is 4.90 Å². The molecule has 0 radical (unpaired) electrons. The normalized spacial score (nSPS) is 17.1. The summed E-state index contributed by atoms with van der Waals surface area (Å²) in [6, 6.07) is 5.57. The molecule has 5 heteroatoms. The van der Waals surface area contributed by atoms with Crippen LogP contribution >= 0.6 is 0 Å². The standard InChI is InChI=1S/C15H19F3N2/c16-15(17,18)14-4-1-3-13(11-14)12-5-9-20(10-6-12)8-2-7-19/h1,3-5,11H,2,6-10,19H2. The van der Waals surface area contributed by atoms with Crippen molar-refractivity contribution in [3.8, 4) is 0 Å². The summed E-state index contributed by atoms with van der Waals surface area (Å²) in [7, 11) is 0. The van der Waals surface area contributed by atoms with Crippen LogP contribution in [-0.4, -0.2) is 31.1 Å². The highest BCUT2D eigenvalue weighted by Crippen LogP contribution is 2.32. The second-order valence-corrected chi connectivity index (χ2v) is 5.00. The fourth-order valence-corrected chi connectivity index (χ4v) is 2.39. The van der Waals surface area contributed by atoms with E-state index in [1.807, 2.05) is 6.08 Å². The van der Waals surface area contributed by atoms with E-state index in [1.54, 1.807) is 6.07 Å². The molecule has 1 heterocycles. The third-order valence-corrected chi connectivity index (χ3v) is 3.53. The van der Waals surface area contributed by atoms with E-state index >= 15 is 0 Å². The van der Waals surface area contributed by atoms with Gasteiger partial charge in [-0.25, -0.2) is 0 Å². The number of rotatable bonds is 4. The Labute approximate surface area is 117 Å². The van der Waals surface area contributed by atoms with Crippen molar-refractivity contribution in [3.63, 3.8) is 0 Å². The van der Waals surface area contributed by atoms with Gasteiger partial charge in [0, 0.05) is 13.1 Å². The molecule has 0 spiro atoms. The summed E-state index contributed by atoms with van der Waals surface area (Å²) in [5.74, 6) is 0. The minimum absolute atomic E-state index is 0.582. The van der Waals surface area contributed by atoms with Crippen LogP contribution in [0.3, 0.4) is 0 Å². The third-order valence-electron chi connectivity index (χ3n) is 3.53. The van der Waals surface area contributed by atoms with E-state index in [4.69, 9.17) is 5.73 Å². The molecular weight excluding hydrogens is 265 g/mol. The maximum atomic E-state index is 12.7. The van der Waals surface area contributed by atoms with Gasteiger partial charge in [0.25, 0.3) is 0 Å². The molecule has 0 fully saturated rings. The van der Waals surface area contributed by atoms with Crippen molar-refractivity contribution in [3.05, 3.63) is 41.5 Å². The first kappa shape index (κ1) is 15.1. The second kappa shape index (κ2) is 6.41. The quantitative estimate of drug-likeness (QED) is 0.920. The van der Waals surface area contributed by atoms with Crippen LogP contribution in [0.15, 0.2) is 30.3 Å². The molecular formula is C15H19F3N2. The molecule has 0 aromatic heterocycles. The molecule has 110 valence electrons. The van der Waals surface area contributed by atoms with E-state index in [0.717, 1.165) is 44.1 Å². The van der Waals surface area contributed by atoms with Gasteiger partial charge < -0.3 is 5.73 Å². The highest BCUT2D eigenvalue weighted by Gasteiger charge is 2.30. The van der Waals surface area contributed by atoms with Crippen LogP contribution in [0.25, 0.3) is 5.57 Å². The van der Waals surface area contributed by atoms with Crippen LogP contribution in [0.2, 0.25) is 0 Å². The van der Waals surface area contributed by atoms with Crippen LogP contribution < -0.4 is 5.73 Å². The van der Waals surface area contributed by atoms with Gasteiger partial charge in [-0.3, -0.25) is 4.90 Å². The van der Waals surface area contributed by atoms with Gasteiger partial charge in [-0.2, -0.15) is 13.2 Å². The zero-order valence-corrected chi connectivity index (χ0v) is 11.3. The summed E-state index contributed by atoms with van der Waals surface area (Å²) < 4.78 is 38.1. The molecule has 2 nitrogen and oxygen atoms in total. The third kappa shape index (κ3) is 3.84. The molecule has 0 aliphatic carbocycles. The predicted octanol–water partition coefficient (Wildman–Crippen LogP) is 3.14. The zero-order valence-electron chi connectivity index (χ0n) is 11.3. The molecule has 0 atom stereocenters. The van der Waals surface area contributed by atoms with Crippen molar-refractivity contribution in [2.45, 2.75) is 19.0 Å². The SMILES string of the molecule is NCCCN1CC=C(c2cccc(C(F)(F)F)c2)CC1. The monoisotopic (exact) mass is 284 g/mol. The Morgan fingerprint density at radius 3 is 2.65 bits per heavy atom. The lowest BCUT2D eigenvalue weighted by molar-refractivity contribution is -0.137. The van der Waals surface area contributed by atoms with Gasteiger partial charge in [-0.15, -0.1) is 0 Å². The molecule has 0 saturated carbocycles. The summed E-state index contributed by atoms with van der Waals surface area (Å²) in [4.78, 5) is 2.27. The Kier molecular flexibility index (Phi) is 4.83. The Morgan fingerprint density at radius 2 is 2.05 bits per heavy atom. The molecule has 1 aromatic rings. The summed E-state index contributed by atoms with van der Waals surface area (Å²) in [5.41, 5.74) is 6.57. The molecule has 1 aromatic carbocycles. The number of halogens is 3. The van der Waals surface area contributed by atoms with Crippen LogP contribution in [-0.2, 0) is 6.18 Å². The lowest BCUT2D eigenvalue weighted by atomic mass is 9.97. The van der Waals surface area contributed by atoms with Crippen LogP contribution in [0.4, 0.5) is 13.2 Å². The molecule has 0 bridgehead atoms. The van der Waals surface area contributed by atoms with Crippen molar-refractivity contribution in [1.29, 1.82) is 0 Å². The maximum Gasteiger partial charge on any atom is 0.416 e. The summed E-state index contributed by atoms with van der Waals surface area (Å²) >= 11 is 0. The van der Waals surface area contributed by atoms with Gasteiger partial charge in [-0.05, 0) is 49.2 Å². The van der Waals surface area contributed by atoms with Crippen molar-refractivity contribution < 1.29 is 13.2 Å². The summed E-state index contributed by atoms with van der Waals surface area (Å²) in [6.45, 7) is 3.28. The Morgan fingerprint density at radius 1 is 1.25 bits per heavy atom. The highest BCUT2D eigenvalue weighted by atomic mass is 19.4. The van der Waals surface area contributed by atoms with Crippen molar-refractivity contribution in [2.24, 2.45) is 5.73 Å². The van der Waals surface area contributed by atoms with E-state index in [1.165, 1.54) is 12.1 Å². The zero-order chi connectivity index (χ0) is 14.6. The predicted molar refractivity (Wildman–Crippen MR) is 74.1 cm³/mol. The molecule has 1 aliphatic rings. The molecule has 2 rings (SSSR count). The van der Waals surface area contributed by atoms with Gasteiger partial charge in [-0.1, -0.05) is 18.2 Å². The lowest BCUT2D eigenvalue weighted by Gasteiger charge is -2.26. The van der Waals surface area contributed by atoms with E-state index in [9.17, 15) is 13.2 Å². The van der Waals surface area contributed by atoms with Crippen LogP contribution in [0, 0.1) is 0 Å². The topological polar surface area (TPSA) is 29.3 Å². The molecule has 0 saturated heterocycles. The van der Waals surface area contributed by atoms with Gasteiger partial charge in [0.1, 0.15) is 0 Å². The Hall–Kier alpha value is -1.33. The smallest absolute Gasteiger partial charge is 0.330 e. The number of hydrogen-bond acceptors (Lipinski definition) is 2. The second-order valence-electron chi connectivity index (χ2n) is 5.00. The Balaban J connectivity index is 2.08. The van der Waals surface area contributed by atoms with E-state index in [-0.39, 0.29) is 0 Å². The average molecular weight is 284 g/mol. The first-order valence-electron chi connectivity index (χ1n) is 6.80. The minimum Gasteiger partial charge on any atom is -0.330 e. The van der Waals surface area contributed by atoms with Crippen LogP contribution in [0.1, 0.15) is 24.0 Å². The van der Waals surface area contributed by atoms with E-state index in [2.05, 4.69) is 4.90 Å². The van der Waals surface area contributed by atoms with Crippen LogP contribution in [0.5, 0.6) is 0 Å². The number of nitrogens with two attached hydrogens (primary N) is 1. The molecule has 20 heavy (non-hydrogen) atoms. The van der Waals surface area contributed by atoms with Gasteiger partial charge >= 0.3 is 6.18 Å². The van der Waals surface area contributed by atoms with Gasteiger partial charge in [0.15, 0.2) is 0 Å².